The summed E-state index contributed by atoms with van der Waals surface area (Å²) in [6, 6.07) is 5.74. The molecule has 4 aliphatic rings. The average Bonchev–Trinajstić information content (AvgIpc) is 3.35. The van der Waals surface area contributed by atoms with Crippen LogP contribution in [0.15, 0.2) is 18.2 Å². The van der Waals surface area contributed by atoms with Gasteiger partial charge in [0.2, 0.25) is 6.79 Å². The highest BCUT2D eigenvalue weighted by Gasteiger charge is 2.59. The molecule has 4 aliphatic heterocycles. The summed E-state index contributed by atoms with van der Waals surface area (Å²) in [5.41, 5.74) is 0.965. The molecule has 28 heavy (non-hydrogen) atoms. The highest BCUT2D eigenvalue weighted by Crippen LogP contribution is 2.43. The van der Waals surface area contributed by atoms with E-state index in [2.05, 4.69) is 0 Å². The Morgan fingerprint density at radius 2 is 1.71 bits per heavy atom. The fourth-order valence-electron chi connectivity index (χ4n) is 4.11. The van der Waals surface area contributed by atoms with Crippen molar-refractivity contribution in [2.24, 2.45) is 0 Å². The molecule has 4 heterocycles. The van der Waals surface area contributed by atoms with E-state index >= 15 is 0 Å². The van der Waals surface area contributed by atoms with Gasteiger partial charge in [0, 0.05) is 0 Å². The zero-order valence-electron chi connectivity index (χ0n) is 16.5. The second-order valence-electron chi connectivity index (χ2n) is 8.40. The monoisotopic (exact) mass is 394 g/mol. The molecule has 0 bridgehead atoms. The Labute approximate surface area is 163 Å². The first-order valence-electron chi connectivity index (χ1n) is 9.63. The fraction of sp³-hybridized carbons (Fsp3) is 0.700. The average molecular weight is 394 g/mol. The minimum Gasteiger partial charge on any atom is -0.454 e. The molecular weight excluding hydrogens is 368 g/mol. The zero-order valence-corrected chi connectivity index (χ0v) is 16.5. The van der Waals surface area contributed by atoms with Gasteiger partial charge < -0.3 is 37.9 Å². The van der Waals surface area contributed by atoms with E-state index in [0.717, 1.165) is 17.1 Å². The van der Waals surface area contributed by atoms with Gasteiger partial charge in [-0.25, -0.2) is 0 Å². The lowest BCUT2D eigenvalue weighted by molar-refractivity contribution is -0.250. The predicted molar refractivity (Wildman–Crippen MR) is 94.7 cm³/mol. The topological polar surface area (TPSA) is 73.8 Å². The number of fused-ring (bicyclic) bond motifs is 2. The van der Waals surface area contributed by atoms with Crippen molar-refractivity contribution in [2.45, 2.75) is 76.6 Å². The number of ether oxygens (including phenoxy) is 8. The SMILES string of the molecule is CC1(C)O[C@@H]2[C@H](O1)[C@@H](OCc1ccc3c(c1)OCO3)O[C@@H]2[C@H]1COC(C)(C)O1. The van der Waals surface area contributed by atoms with Gasteiger partial charge in [-0.05, 0) is 45.4 Å². The van der Waals surface area contributed by atoms with Crippen molar-refractivity contribution in [2.75, 3.05) is 13.4 Å². The Hall–Kier alpha value is -1.42. The molecule has 3 fully saturated rings. The maximum Gasteiger partial charge on any atom is 0.231 e. The van der Waals surface area contributed by atoms with Crippen LogP contribution in [0.25, 0.3) is 0 Å². The molecule has 3 saturated heterocycles. The highest BCUT2D eigenvalue weighted by atomic mass is 16.8. The van der Waals surface area contributed by atoms with Crippen LogP contribution in [0, 0.1) is 0 Å². The van der Waals surface area contributed by atoms with Crippen molar-refractivity contribution in [3.05, 3.63) is 23.8 Å². The van der Waals surface area contributed by atoms with Gasteiger partial charge >= 0.3 is 0 Å². The quantitative estimate of drug-likeness (QED) is 0.771. The lowest BCUT2D eigenvalue weighted by atomic mass is 10.1. The third-order valence-electron chi connectivity index (χ3n) is 5.29. The van der Waals surface area contributed by atoms with Crippen LogP contribution >= 0.6 is 0 Å². The Morgan fingerprint density at radius 3 is 2.50 bits per heavy atom. The number of hydrogen-bond donors (Lipinski definition) is 0. The Morgan fingerprint density at radius 1 is 0.929 bits per heavy atom. The van der Waals surface area contributed by atoms with Gasteiger partial charge in [-0.2, -0.15) is 0 Å². The molecule has 5 rings (SSSR count). The number of benzene rings is 1. The molecule has 0 saturated carbocycles. The molecular formula is C20H26O8. The van der Waals surface area contributed by atoms with E-state index in [-0.39, 0.29) is 31.2 Å². The van der Waals surface area contributed by atoms with Gasteiger partial charge in [0.05, 0.1) is 13.2 Å². The fourth-order valence-corrected chi connectivity index (χ4v) is 4.11. The van der Waals surface area contributed by atoms with Crippen LogP contribution in [0.5, 0.6) is 11.5 Å². The molecule has 8 heteroatoms. The second kappa shape index (κ2) is 6.55. The first kappa shape index (κ1) is 18.6. The first-order valence-corrected chi connectivity index (χ1v) is 9.63. The minimum atomic E-state index is -0.702. The van der Waals surface area contributed by atoms with E-state index in [1.807, 2.05) is 45.9 Å². The van der Waals surface area contributed by atoms with Gasteiger partial charge in [0.25, 0.3) is 0 Å². The lowest BCUT2D eigenvalue weighted by Crippen LogP contribution is -2.40. The number of rotatable bonds is 4. The predicted octanol–water partition coefficient (Wildman–Crippen LogP) is 2.33. The van der Waals surface area contributed by atoms with Gasteiger partial charge in [-0.15, -0.1) is 0 Å². The van der Waals surface area contributed by atoms with Crippen LogP contribution in [-0.2, 0) is 35.0 Å². The zero-order chi connectivity index (χ0) is 19.5. The maximum atomic E-state index is 6.18. The van der Waals surface area contributed by atoms with Crippen LogP contribution in [0.3, 0.4) is 0 Å². The summed E-state index contributed by atoms with van der Waals surface area (Å²) in [4.78, 5) is 0. The second-order valence-corrected chi connectivity index (χ2v) is 8.40. The van der Waals surface area contributed by atoms with Gasteiger partial charge in [-0.3, -0.25) is 0 Å². The van der Waals surface area contributed by atoms with E-state index in [0.29, 0.717) is 13.2 Å². The van der Waals surface area contributed by atoms with Crippen LogP contribution < -0.4 is 9.47 Å². The molecule has 0 spiro atoms. The summed E-state index contributed by atoms with van der Waals surface area (Å²) in [5.74, 6) is 0.136. The highest BCUT2D eigenvalue weighted by molar-refractivity contribution is 5.44. The Bertz CT molecular complexity index is 748. The maximum absolute atomic E-state index is 6.18. The summed E-state index contributed by atoms with van der Waals surface area (Å²) >= 11 is 0. The van der Waals surface area contributed by atoms with Crippen molar-refractivity contribution in [1.29, 1.82) is 0 Å². The molecule has 1 aromatic carbocycles. The largest absolute Gasteiger partial charge is 0.454 e. The summed E-state index contributed by atoms with van der Waals surface area (Å²) < 4.78 is 46.9. The van der Waals surface area contributed by atoms with E-state index in [9.17, 15) is 0 Å². The van der Waals surface area contributed by atoms with Crippen molar-refractivity contribution in [3.63, 3.8) is 0 Å². The molecule has 0 aromatic heterocycles. The standard InChI is InChI=1S/C20H26O8/c1-19(2)24-9-14(26-19)15-16-17(28-20(3,4)27-16)18(25-15)21-8-11-5-6-12-13(7-11)23-10-22-12/h5-7,14-18H,8-10H2,1-4H3/t14-,15-,16+,17+,18+/m1/s1. The van der Waals surface area contributed by atoms with Gasteiger partial charge in [0.15, 0.2) is 29.4 Å². The van der Waals surface area contributed by atoms with Crippen LogP contribution in [0.4, 0.5) is 0 Å². The molecule has 0 N–H and O–H groups in total. The van der Waals surface area contributed by atoms with Crippen LogP contribution in [0.1, 0.15) is 33.3 Å². The molecule has 0 radical (unpaired) electrons. The summed E-state index contributed by atoms with van der Waals surface area (Å²) in [5, 5.41) is 0. The lowest BCUT2D eigenvalue weighted by Gasteiger charge is -2.27. The third-order valence-corrected chi connectivity index (χ3v) is 5.29. The van der Waals surface area contributed by atoms with Crippen LogP contribution in [-0.4, -0.2) is 55.7 Å². The smallest absolute Gasteiger partial charge is 0.231 e. The molecule has 5 atom stereocenters. The number of hydrogen-bond acceptors (Lipinski definition) is 8. The van der Waals surface area contributed by atoms with Gasteiger partial charge in [-0.1, -0.05) is 6.07 Å². The first-order chi connectivity index (χ1) is 13.3. The summed E-state index contributed by atoms with van der Waals surface area (Å²) in [7, 11) is 0. The summed E-state index contributed by atoms with van der Waals surface area (Å²) in [6.07, 6.45) is -1.73. The molecule has 1 aromatic rings. The van der Waals surface area contributed by atoms with Crippen molar-refractivity contribution in [1.82, 2.24) is 0 Å². The Balaban J connectivity index is 1.29. The Kier molecular flexibility index (Phi) is 4.35. The van der Waals surface area contributed by atoms with Crippen molar-refractivity contribution < 1.29 is 37.9 Å². The van der Waals surface area contributed by atoms with Gasteiger partial charge in [0.1, 0.15) is 24.4 Å². The minimum absolute atomic E-state index is 0.237. The van der Waals surface area contributed by atoms with E-state index < -0.39 is 17.9 Å². The third kappa shape index (κ3) is 3.38. The van der Waals surface area contributed by atoms with Crippen LogP contribution in [0.2, 0.25) is 0 Å². The molecule has 154 valence electrons. The van der Waals surface area contributed by atoms with E-state index in [1.165, 1.54) is 0 Å². The van der Waals surface area contributed by atoms with Crippen molar-refractivity contribution in [3.8, 4) is 11.5 Å². The summed E-state index contributed by atoms with van der Waals surface area (Å²) in [6.45, 7) is 8.62. The molecule has 0 unspecified atom stereocenters. The van der Waals surface area contributed by atoms with E-state index in [1.54, 1.807) is 0 Å². The molecule has 0 aliphatic carbocycles. The van der Waals surface area contributed by atoms with Crippen molar-refractivity contribution >= 4 is 0 Å². The molecule has 0 amide bonds. The van der Waals surface area contributed by atoms with E-state index in [4.69, 9.17) is 37.9 Å². The molecule has 8 nitrogen and oxygen atoms in total. The normalized spacial score (nSPS) is 37.4.